The number of hydrogen-bond acceptors (Lipinski definition) is 3. The number of imidazole rings is 1. The van der Waals surface area contributed by atoms with Crippen LogP contribution in [0.25, 0.3) is 11.0 Å². The van der Waals surface area contributed by atoms with E-state index >= 15 is 0 Å². The highest BCUT2D eigenvalue weighted by Crippen LogP contribution is 2.33. The Balaban J connectivity index is 2.03. The van der Waals surface area contributed by atoms with E-state index in [1.54, 1.807) is 0 Å². The Hall–Kier alpha value is -1.39. The maximum atomic E-state index is 5.81. The van der Waals surface area contributed by atoms with Crippen molar-refractivity contribution in [3.8, 4) is 0 Å². The molecule has 20 heavy (non-hydrogen) atoms. The zero-order chi connectivity index (χ0) is 13.9. The smallest absolute Gasteiger partial charge is 0.127 e. The number of hydrogen-bond donors (Lipinski definition) is 1. The molecule has 2 aromatic rings. The molecule has 0 bridgehead atoms. The fourth-order valence-electron chi connectivity index (χ4n) is 3.39. The molecule has 1 saturated heterocycles. The van der Waals surface area contributed by atoms with Crippen LogP contribution in [0.15, 0.2) is 24.3 Å². The zero-order valence-corrected chi connectivity index (χ0v) is 12.3. The van der Waals surface area contributed by atoms with Crippen molar-refractivity contribution in [1.29, 1.82) is 0 Å². The molecule has 4 nitrogen and oxygen atoms in total. The topological polar surface area (TPSA) is 47.1 Å². The quantitative estimate of drug-likeness (QED) is 0.910. The van der Waals surface area contributed by atoms with Crippen LogP contribution in [0.3, 0.4) is 0 Å². The highest BCUT2D eigenvalue weighted by Gasteiger charge is 2.29. The Labute approximate surface area is 120 Å². The molecule has 0 radical (unpaired) electrons. The summed E-state index contributed by atoms with van der Waals surface area (Å²) in [6.07, 6.45) is 3.69. The van der Waals surface area contributed by atoms with Gasteiger partial charge in [-0.05, 0) is 44.5 Å². The molecule has 2 N–H and O–H groups in total. The Bertz CT molecular complexity index is 575. The van der Waals surface area contributed by atoms with Gasteiger partial charge in [-0.1, -0.05) is 19.1 Å². The van der Waals surface area contributed by atoms with Crippen molar-refractivity contribution in [3.63, 3.8) is 0 Å². The molecule has 0 saturated carbocycles. The lowest BCUT2D eigenvalue weighted by Gasteiger charge is -2.24. The highest BCUT2D eigenvalue weighted by atomic mass is 15.2. The van der Waals surface area contributed by atoms with Crippen molar-refractivity contribution in [2.45, 2.75) is 38.8 Å². The van der Waals surface area contributed by atoms with Crippen molar-refractivity contribution in [1.82, 2.24) is 14.5 Å². The minimum absolute atomic E-state index is 0.467. The summed E-state index contributed by atoms with van der Waals surface area (Å²) < 4.78 is 2.33. The number of aromatic nitrogens is 2. The molecule has 1 aliphatic heterocycles. The number of benzene rings is 1. The molecular formula is C16H24N4. The van der Waals surface area contributed by atoms with Crippen LogP contribution in [0.5, 0.6) is 0 Å². The van der Waals surface area contributed by atoms with Gasteiger partial charge in [-0.25, -0.2) is 4.98 Å². The normalized spacial score (nSPS) is 20.0. The van der Waals surface area contributed by atoms with Crippen molar-refractivity contribution >= 4 is 11.0 Å². The van der Waals surface area contributed by atoms with Gasteiger partial charge in [0.2, 0.25) is 0 Å². The van der Waals surface area contributed by atoms with Gasteiger partial charge >= 0.3 is 0 Å². The van der Waals surface area contributed by atoms with E-state index < -0.39 is 0 Å². The van der Waals surface area contributed by atoms with Gasteiger partial charge in [-0.2, -0.15) is 0 Å². The maximum absolute atomic E-state index is 5.81. The van der Waals surface area contributed by atoms with Gasteiger partial charge in [0.05, 0.1) is 17.1 Å². The van der Waals surface area contributed by atoms with E-state index in [9.17, 15) is 0 Å². The zero-order valence-electron chi connectivity index (χ0n) is 12.3. The summed E-state index contributed by atoms with van der Waals surface area (Å²) in [7, 11) is 0. The second kappa shape index (κ2) is 5.94. The fourth-order valence-corrected chi connectivity index (χ4v) is 3.39. The predicted molar refractivity (Wildman–Crippen MR) is 82.6 cm³/mol. The van der Waals surface area contributed by atoms with Crippen molar-refractivity contribution in [2.24, 2.45) is 5.73 Å². The van der Waals surface area contributed by atoms with E-state index in [1.807, 2.05) is 0 Å². The van der Waals surface area contributed by atoms with E-state index in [0.717, 1.165) is 18.6 Å². The molecule has 1 aliphatic rings. The maximum Gasteiger partial charge on any atom is 0.127 e. The molecule has 3 rings (SSSR count). The first-order valence-corrected chi connectivity index (χ1v) is 7.74. The summed E-state index contributed by atoms with van der Waals surface area (Å²) in [5.41, 5.74) is 8.12. The first-order valence-electron chi connectivity index (χ1n) is 7.74. The first kappa shape index (κ1) is 13.6. The third-order valence-electron chi connectivity index (χ3n) is 4.21. The average Bonchev–Trinajstić information content (AvgIpc) is 3.05. The lowest BCUT2D eigenvalue weighted by molar-refractivity contribution is 0.245. The third kappa shape index (κ3) is 2.34. The number of para-hydroxylation sites is 2. The van der Waals surface area contributed by atoms with Crippen LogP contribution in [0.1, 0.15) is 38.1 Å². The van der Waals surface area contributed by atoms with Gasteiger partial charge in [0, 0.05) is 13.1 Å². The molecule has 0 spiro atoms. The fraction of sp³-hybridized carbons (Fsp3) is 0.562. The van der Waals surface area contributed by atoms with Crippen LogP contribution in [0.4, 0.5) is 0 Å². The standard InChI is InChI=1S/C16H24N4/c1-2-10-19-11-5-8-15(19)16-18-13-6-3-4-7-14(13)20(16)12-9-17/h3-4,6-7,15H,2,5,8-12,17H2,1H3. The molecule has 1 fully saturated rings. The molecule has 108 valence electrons. The van der Waals surface area contributed by atoms with E-state index in [0.29, 0.717) is 12.6 Å². The SMILES string of the molecule is CCCN1CCCC1c1nc2ccccc2n1CCN. The van der Waals surface area contributed by atoms with Gasteiger partial charge in [0.25, 0.3) is 0 Å². The predicted octanol–water partition coefficient (Wildman–Crippen LogP) is 2.54. The molecule has 1 unspecified atom stereocenters. The molecule has 0 amide bonds. The summed E-state index contributed by atoms with van der Waals surface area (Å²) in [5.74, 6) is 1.21. The van der Waals surface area contributed by atoms with Crippen molar-refractivity contribution < 1.29 is 0 Å². The summed E-state index contributed by atoms with van der Waals surface area (Å²) in [4.78, 5) is 7.49. The van der Waals surface area contributed by atoms with Crippen molar-refractivity contribution in [3.05, 3.63) is 30.1 Å². The van der Waals surface area contributed by atoms with E-state index in [1.165, 1.54) is 37.1 Å². The third-order valence-corrected chi connectivity index (χ3v) is 4.21. The molecule has 2 heterocycles. The van der Waals surface area contributed by atoms with Crippen LogP contribution in [0, 0.1) is 0 Å². The Kier molecular flexibility index (Phi) is 4.03. The molecule has 1 atom stereocenters. The Morgan fingerprint density at radius 3 is 2.95 bits per heavy atom. The van der Waals surface area contributed by atoms with Gasteiger partial charge < -0.3 is 10.3 Å². The van der Waals surface area contributed by atoms with Gasteiger partial charge in [0.15, 0.2) is 0 Å². The molecule has 1 aromatic carbocycles. The lowest BCUT2D eigenvalue weighted by atomic mass is 10.2. The van der Waals surface area contributed by atoms with Gasteiger partial charge in [0.1, 0.15) is 5.82 Å². The number of fused-ring (bicyclic) bond motifs is 1. The second-order valence-electron chi connectivity index (χ2n) is 5.59. The number of rotatable bonds is 5. The largest absolute Gasteiger partial charge is 0.329 e. The summed E-state index contributed by atoms with van der Waals surface area (Å²) >= 11 is 0. The van der Waals surface area contributed by atoms with E-state index in [-0.39, 0.29) is 0 Å². The van der Waals surface area contributed by atoms with Gasteiger partial charge in [-0.15, -0.1) is 0 Å². The summed E-state index contributed by atoms with van der Waals surface area (Å²) in [6.45, 7) is 6.12. The molecular weight excluding hydrogens is 248 g/mol. The van der Waals surface area contributed by atoms with Crippen LogP contribution < -0.4 is 5.73 Å². The minimum Gasteiger partial charge on any atom is -0.329 e. The van der Waals surface area contributed by atoms with Crippen LogP contribution in [0.2, 0.25) is 0 Å². The lowest BCUT2D eigenvalue weighted by Crippen LogP contribution is -2.27. The number of nitrogens with two attached hydrogens (primary N) is 1. The second-order valence-corrected chi connectivity index (χ2v) is 5.59. The summed E-state index contributed by atoms with van der Waals surface area (Å²) in [5, 5.41) is 0. The van der Waals surface area contributed by atoms with E-state index in [2.05, 4.69) is 40.7 Å². The van der Waals surface area contributed by atoms with Gasteiger partial charge in [-0.3, -0.25) is 4.90 Å². The highest BCUT2D eigenvalue weighted by molar-refractivity contribution is 5.76. The average molecular weight is 272 g/mol. The molecule has 4 heteroatoms. The van der Waals surface area contributed by atoms with Crippen LogP contribution in [-0.4, -0.2) is 34.1 Å². The van der Waals surface area contributed by atoms with Crippen LogP contribution >= 0.6 is 0 Å². The molecule has 0 aliphatic carbocycles. The minimum atomic E-state index is 0.467. The van der Waals surface area contributed by atoms with Crippen molar-refractivity contribution in [2.75, 3.05) is 19.6 Å². The first-order chi connectivity index (χ1) is 9.85. The van der Waals surface area contributed by atoms with Crippen LogP contribution in [-0.2, 0) is 6.54 Å². The van der Waals surface area contributed by atoms with E-state index in [4.69, 9.17) is 10.7 Å². The monoisotopic (exact) mass is 272 g/mol. The number of likely N-dealkylation sites (tertiary alicyclic amines) is 1. The molecule has 1 aromatic heterocycles. The number of nitrogens with zero attached hydrogens (tertiary/aromatic N) is 3. The Morgan fingerprint density at radius 1 is 1.30 bits per heavy atom. The Morgan fingerprint density at radius 2 is 2.15 bits per heavy atom. The summed E-state index contributed by atoms with van der Waals surface area (Å²) in [6, 6.07) is 8.86.